The Morgan fingerprint density at radius 2 is 0.957 bits per heavy atom. The zero-order valence-corrected chi connectivity index (χ0v) is 18.6. The highest BCUT2D eigenvalue weighted by atomic mass is 14.5. The van der Waals surface area contributed by atoms with Gasteiger partial charge in [0.15, 0.2) is 0 Å². The molecule has 0 saturated heterocycles. The van der Waals surface area contributed by atoms with Crippen LogP contribution < -0.4 is 0 Å². The molecule has 0 bridgehead atoms. The van der Waals surface area contributed by atoms with E-state index in [4.69, 9.17) is 0 Å². The van der Waals surface area contributed by atoms with Crippen molar-refractivity contribution in [2.75, 3.05) is 0 Å². The van der Waals surface area contributed by atoms with Crippen LogP contribution in [0.15, 0.2) is 0 Å². The average molecular weight is 325 g/mol. The Labute approximate surface area is 149 Å². The molecule has 0 aliphatic carbocycles. The second kappa shape index (κ2) is 8.39. The highest BCUT2D eigenvalue weighted by Crippen LogP contribution is 2.49. The molecule has 0 saturated carbocycles. The van der Waals surface area contributed by atoms with Crippen molar-refractivity contribution in [2.24, 2.45) is 39.9 Å². The molecule has 0 aromatic rings. The maximum absolute atomic E-state index is 2.51. The molecule has 0 aliphatic rings. The molecule has 140 valence electrons. The van der Waals surface area contributed by atoms with Gasteiger partial charge in [-0.05, 0) is 39.9 Å². The van der Waals surface area contributed by atoms with E-state index < -0.39 is 0 Å². The zero-order valence-electron chi connectivity index (χ0n) is 18.6. The van der Waals surface area contributed by atoms with Crippen LogP contribution in [0.5, 0.6) is 0 Å². The third-order valence-electron chi connectivity index (χ3n) is 7.30. The van der Waals surface area contributed by atoms with Gasteiger partial charge in [0, 0.05) is 0 Å². The lowest BCUT2D eigenvalue weighted by atomic mass is 9.57. The molecule has 0 heterocycles. The summed E-state index contributed by atoms with van der Waals surface area (Å²) in [5.74, 6) is 3.29. The van der Waals surface area contributed by atoms with Crippen molar-refractivity contribution in [1.82, 2.24) is 0 Å². The lowest BCUT2D eigenvalue weighted by Gasteiger charge is -2.48. The molecule has 0 radical (unpaired) electrons. The fraction of sp³-hybridized carbons (Fsp3) is 1.00. The van der Waals surface area contributed by atoms with Gasteiger partial charge >= 0.3 is 0 Å². The van der Waals surface area contributed by atoms with Crippen LogP contribution in [0, 0.1) is 39.9 Å². The van der Waals surface area contributed by atoms with E-state index in [1.165, 1.54) is 25.7 Å². The number of rotatable bonds is 8. The van der Waals surface area contributed by atoms with Gasteiger partial charge in [0.1, 0.15) is 0 Å². The van der Waals surface area contributed by atoms with Crippen molar-refractivity contribution in [3.8, 4) is 0 Å². The second-order valence-corrected chi connectivity index (χ2v) is 10.9. The first-order valence-corrected chi connectivity index (χ1v) is 10.2. The summed E-state index contributed by atoms with van der Waals surface area (Å²) in [7, 11) is 0. The smallest absolute Gasteiger partial charge is 0.0275 e. The first-order chi connectivity index (χ1) is 10.2. The predicted molar refractivity (Wildman–Crippen MR) is 108 cm³/mol. The van der Waals surface area contributed by atoms with Crippen molar-refractivity contribution in [3.05, 3.63) is 0 Å². The van der Waals surface area contributed by atoms with Gasteiger partial charge < -0.3 is 0 Å². The normalized spacial score (nSPS) is 19.3. The Morgan fingerprint density at radius 3 is 1.22 bits per heavy atom. The first kappa shape index (κ1) is 23.0. The Balaban J connectivity index is 4.90. The van der Waals surface area contributed by atoms with E-state index in [0.29, 0.717) is 16.2 Å². The molecule has 0 aliphatic heterocycles. The summed E-state index contributed by atoms with van der Waals surface area (Å²) in [6, 6.07) is 0. The van der Waals surface area contributed by atoms with Crippen LogP contribution in [0.3, 0.4) is 0 Å². The minimum Gasteiger partial charge on any atom is -0.0651 e. The van der Waals surface area contributed by atoms with Crippen molar-refractivity contribution in [2.45, 2.75) is 109 Å². The van der Waals surface area contributed by atoms with Crippen LogP contribution in [0.4, 0.5) is 0 Å². The third kappa shape index (κ3) is 6.09. The van der Waals surface area contributed by atoms with E-state index in [0.717, 1.165) is 23.7 Å². The lowest BCUT2D eigenvalue weighted by Crippen LogP contribution is -2.40. The highest BCUT2D eigenvalue weighted by Gasteiger charge is 2.41. The van der Waals surface area contributed by atoms with Gasteiger partial charge in [-0.2, -0.15) is 0 Å². The molecular weight excluding hydrogens is 276 g/mol. The Bertz CT molecular complexity index is 323. The Hall–Kier alpha value is 0. The van der Waals surface area contributed by atoms with Gasteiger partial charge in [-0.15, -0.1) is 0 Å². The summed E-state index contributed by atoms with van der Waals surface area (Å²) in [5, 5.41) is 0. The summed E-state index contributed by atoms with van der Waals surface area (Å²) < 4.78 is 0. The maximum Gasteiger partial charge on any atom is -0.0275 e. The van der Waals surface area contributed by atoms with Gasteiger partial charge in [0.25, 0.3) is 0 Å². The van der Waals surface area contributed by atoms with E-state index in [2.05, 4.69) is 83.1 Å². The third-order valence-corrected chi connectivity index (χ3v) is 7.30. The van der Waals surface area contributed by atoms with Gasteiger partial charge in [0.2, 0.25) is 0 Å². The molecule has 0 rings (SSSR count). The van der Waals surface area contributed by atoms with Crippen molar-refractivity contribution < 1.29 is 0 Å². The van der Waals surface area contributed by atoms with Gasteiger partial charge in [-0.25, -0.2) is 0 Å². The molecule has 0 aromatic heterocycles. The second-order valence-electron chi connectivity index (χ2n) is 10.9. The predicted octanol–water partition coefficient (Wildman–Crippen LogP) is 8.21. The topological polar surface area (TPSA) is 0 Å². The molecule has 0 amide bonds. The molecular formula is C23H48. The van der Waals surface area contributed by atoms with Gasteiger partial charge in [-0.1, -0.05) is 109 Å². The summed E-state index contributed by atoms with van der Waals surface area (Å²) in [6.07, 6.45) is 5.37. The van der Waals surface area contributed by atoms with Gasteiger partial charge in [-0.3, -0.25) is 0 Å². The van der Waals surface area contributed by atoms with Crippen LogP contribution in [-0.4, -0.2) is 0 Å². The lowest BCUT2D eigenvalue weighted by molar-refractivity contribution is 0.0156. The minimum atomic E-state index is 0.366. The maximum atomic E-state index is 2.51. The van der Waals surface area contributed by atoms with E-state index in [1.807, 2.05) is 0 Å². The molecule has 0 heteroatoms. The van der Waals surface area contributed by atoms with E-state index >= 15 is 0 Å². The zero-order chi connectivity index (χ0) is 18.6. The highest BCUT2D eigenvalue weighted by molar-refractivity contribution is 4.90. The summed E-state index contributed by atoms with van der Waals surface area (Å²) in [5.41, 5.74) is 1.19. The molecule has 0 fully saturated rings. The molecule has 23 heavy (non-hydrogen) atoms. The minimum absolute atomic E-state index is 0.366. The van der Waals surface area contributed by atoms with Crippen molar-refractivity contribution in [3.63, 3.8) is 0 Å². The van der Waals surface area contributed by atoms with Crippen LogP contribution in [0.25, 0.3) is 0 Å². The van der Waals surface area contributed by atoms with E-state index in [-0.39, 0.29) is 0 Å². The largest absolute Gasteiger partial charge is 0.0651 e. The molecule has 4 atom stereocenters. The van der Waals surface area contributed by atoms with Crippen molar-refractivity contribution >= 4 is 0 Å². The quantitative estimate of drug-likeness (QED) is 0.422. The van der Waals surface area contributed by atoms with Crippen LogP contribution in [0.1, 0.15) is 109 Å². The summed E-state index contributed by atoms with van der Waals surface area (Å²) in [6.45, 7) is 29.2. The van der Waals surface area contributed by atoms with E-state index in [1.54, 1.807) is 0 Å². The standard InChI is InChI=1S/C23H48/c1-13-19(21(5,6)7)17(3)15-16-18(4)20(14-2)23(11,12)22(8,9)10/h17-20H,13-16H2,1-12H3. The monoisotopic (exact) mass is 324 g/mol. The summed E-state index contributed by atoms with van der Waals surface area (Å²) in [4.78, 5) is 0. The molecule has 0 spiro atoms. The fourth-order valence-corrected chi connectivity index (χ4v) is 4.98. The van der Waals surface area contributed by atoms with Crippen LogP contribution >= 0.6 is 0 Å². The number of hydrogen-bond donors (Lipinski definition) is 0. The van der Waals surface area contributed by atoms with Crippen LogP contribution in [0.2, 0.25) is 0 Å². The molecule has 0 N–H and O–H groups in total. The van der Waals surface area contributed by atoms with Crippen LogP contribution in [-0.2, 0) is 0 Å². The Morgan fingerprint density at radius 1 is 0.609 bits per heavy atom. The molecule has 0 nitrogen and oxygen atoms in total. The SMILES string of the molecule is CCC(C(C)CCC(C)C(CC)C(C)(C)C(C)(C)C)C(C)(C)C. The number of hydrogen-bond acceptors (Lipinski definition) is 0. The fourth-order valence-electron chi connectivity index (χ4n) is 4.98. The summed E-state index contributed by atoms with van der Waals surface area (Å²) >= 11 is 0. The van der Waals surface area contributed by atoms with Gasteiger partial charge in [0.05, 0.1) is 0 Å². The molecule has 4 unspecified atom stereocenters. The molecule has 0 aromatic carbocycles. The Kier molecular flexibility index (Phi) is 8.39. The average Bonchev–Trinajstić information content (AvgIpc) is 2.34. The van der Waals surface area contributed by atoms with E-state index in [9.17, 15) is 0 Å². The first-order valence-electron chi connectivity index (χ1n) is 10.2. The van der Waals surface area contributed by atoms with Crippen molar-refractivity contribution in [1.29, 1.82) is 0 Å².